The Hall–Kier alpha value is -3.87. The summed E-state index contributed by atoms with van der Waals surface area (Å²) in [7, 11) is 4.87. The Labute approximate surface area is 186 Å². The summed E-state index contributed by atoms with van der Waals surface area (Å²) in [5.74, 6) is 2.88. The number of phenols is 1. The van der Waals surface area contributed by atoms with Crippen LogP contribution in [0.5, 0.6) is 28.7 Å². The minimum Gasteiger partial charge on any atom is -0.507 e. The van der Waals surface area contributed by atoms with E-state index in [1.165, 1.54) is 0 Å². The zero-order valence-corrected chi connectivity index (χ0v) is 18.1. The molecule has 7 nitrogen and oxygen atoms in total. The lowest BCUT2D eigenvalue weighted by atomic mass is 9.95. The molecule has 0 unspecified atom stereocenters. The Bertz CT molecular complexity index is 1190. The van der Waals surface area contributed by atoms with E-state index in [1.807, 2.05) is 53.5 Å². The lowest BCUT2D eigenvalue weighted by Gasteiger charge is -2.39. The van der Waals surface area contributed by atoms with Gasteiger partial charge in [-0.3, -0.25) is 0 Å². The Morgan fingerprint density at radius 1 is 0.906 bits per heavy atom. The fraction of sp³-hybridized carbons (Fsp3) is 0.240. The standard InChI is InChI=1S/C25H24N2O5/c1-29-15-11-12-18(23(13-15)31-3)25-27-20(17-8-6-10-22(30-2)24(17)32-25)14-19(26-27)16-7-4-5-9-21(16)28/h4-13,20,25,28H,14H2,1-3H3/t20-,25+/m0/s1. The van der Waals surface area contributed by atoms with Gasteiger partial charge in [-0.25, -0.2) is 5.01 Å². The first-order chi connectivity index (χ1) is 15.6. The van der Waals surface area contributed by atoms with Crippen LogP contribution in [0.1, 0.15) is 35.4 Å². The first kappa shape index (κ1) is 20.1. The Kier molecular flexibility index (Phi) is 5.01. The molecule has 7 heteroatoms. The van der Waals surface area contributed by atoms with Gasteiger partial charge < -0.3 is 24.1 Å². The lowest BCUT2D eigenvalue weighted by Crippen LogP contribution is -2.34. The van der Waals surface area contributed by atoms with Crippen molar-refractivity contribution in [3.05, 3.63) is 77.4 Å². The third kappa shape index (κ3) is 3.17. The van der Waals surface area contributed by atoms with Gasteiger partial charge in [0.25, 0.3) is 0 Å². The van der Waals surface area contributed by atoms with Crippen LogP contribution >= 0.6 is 0 Å². The molecule has 0 bridgehead atoms. The third-order valence-electron chi connectivity index (χ3n) is 5.92. The van der Waals surface area contributed by atoms with Gasteiger partial charge in [0, 0.05) is 23.6 Å². The highest BCUT2D eigenvalue weighted by molar-refractivity contribution is 6.04. The molecule has 0 radical (unpaired) electrons. The fourth-order valence-corrected chi connectivity index (χ4v) is 4.35. The molecular formula is C25H24N2O5. The number of para-hydroxylation sites is 2. The van der Waals surface area contributed by atoms with Crippen molar-refractivity contribution >= 4 is 5.71 Å². The van der Waals surface area contributed by atoms with E-state index in [1.54, 1.807) is 33.5 Å². The molecule has 0 aromatic heterocycles. The second-order valence-corrected chi connectivity index (χ2v) is 7.62. The third-order valence-corrected chi connectivity index (χ3v) is 5.92. The lowest BCUT2D eigenvalue weighted by molar-refractivity contribution is -0.0222. The van der Waals surface area contributed by atoms with Gasteiger partial charge in [-0.15, -0.1) is 0 Å². The fourth-order valence-electron chi connectivity index (χ4n) is 4.35. The molecule has 164 valence electrons. The summed E-state index contributed by atoms with van der Waals surface area (Å²) in [4.78, 5) is 0. The van der Waals surface area contributed by atoms with Gasteiger partial charge in [-0.05, 0) is 30.3 Å². The van der Waals surface area contributed by atoms with Crippen molar-refractivity contribution in [2.75, 3.05) is 21.3 Å². The molecule has 5 rings (SSSR count). The van der Waals surface area contributed by atoms with Crippen molar-refractivity contribution in [2.24, 2.45) is 5.10 Å². The molecule has 0 saturated carbocycles. The van der Waals surface area contributed by atoms with E-state index in [0.29, 0.717) is 35.0 Å². The van der Waals surface area contributed by atoms with E-state index < -0.39 is 6.23 Å². The highest BCUT2D eigenvalue weighted by Gasteiger charge is 2.43. The number of hydrogen-bond acceptors (Lipinski definition) is 7. The van der Waals surface area contributed by atoms with E-state index in [4.69, 9.17) is 24.0 Å². The number of ether oxygens (including phenoxy) is 4. The predicted molar refractivity (Wildman–Crippen MR) is 120 cm³/mol. The Morgan fingerprint density at radius 3 is 2.47 bits per heavy atom. The van der Waals surface area contributed by atoms with Crippen LogP contribution in [0.15, 0.2) is 65.8 Å². The van der Waals surface area contributed by atoms with Gasteiger partial charge in [0.1, 0.15) is 17.2 Å². The zero-order valence-electron chi connectivity index (χ0n) is 18.1. The van der Waals surface area contributed by atoms with Gasteiger partial charge in [-0.1, -0.05) is 24.3 Å². The minimum atomic E-state index is -0.548. The normalized spacial score (nSPS) is 18.8. The van der Waals surface area contributed by atoms with E-state index in [-0.39, 0.29) is 11.8 Å². The monoisotopic (exact) mass is 432 g/mol. The number of hydrogen-bond donors (Lipinski definition) is 1. The average Bonchev–Trinajstić information content (AvgIpc) is 3.28. The van der Waals surface area contributed by atoms with Crippen molar-refractivity contribution in [3.8, 4) is 28.7 Å². The summed E-state index contributed by atoms with van der Waals surface area (Å²) in [6.45, 7) is 0. The molecule has 2 aliphatic rings. The molecule has 1 N–H and O–H groups in total. The summed E-state index contributed by atoms with van der Waals surface area (Å²) >= 11 is 0. The molecule has 2 aliphatic heterocycles. The topological polar surface area (TPSA) is 72.8 Å². The van der Waals surface area contributed by atoms with E-state index in [0.717, 1.165) is 16.8 Å². The van der Waals surface area contributed by atoms with Crippen LogP contribution in [-0.4, -0.2) is 37.2 Å². The predicted octanol–water partition coefficient (Wildman–Crippen LogP) is 4.66. The molecule has 0 spiro atoms. The van der Waals surface area contributed by atoms with Crippen molar-refractivity contribution in [1.82, 2.24) is 5.01 Å². The van der Waals surface area contributed by atoms with E-state index in [2.05, 4.69) is 0 Å². The number of nitrogens with zero attached hydrogens (tertiary/aromatic N) is 2. The van der Waals surface area contributed by atoms with Crippen LogP contribution in [0.2, 0.25) is 0 Å². The summed E-state index contributed by atoms with van der Waals surface area (Å²) in [5, 5.41) is 17.3. The molecule has 2 heterocycles. The largest absolute Gasteiger partial charge is 0.507 e. The number of hydrazone groups is 1. The molecule has 2 atom stereocenters. The maximum absolute atomic E-state index is 10.4. The zero-order chi connectivity index (χ0) is 22.2. The second-order valence-electron chi connectivity index (χ2n) is 7.62. The number of aromatic hydroxyl groups is 1. The highest BCUT2D eigenvalue weighted by Crippen LogP contribution is 2.52. The first-order valence-electron chi connectivity index (χ1n) is 10.3. The van der Waals surface area contributed by atoms with Gasteiger partial charge >= 0.3 is 0 Å². The Balaban J connectivity index is 1.66. The number of benzene rings is 3. The summed E-state index contributed by atoms with van der Waals surface area (Å²) in [6.07, 6.45) is 0.0730. The van der Waals surface area contributed by atoms with Crippen molar-refractivity contribution < 1.29 is 24.1 Å². The molecule has 0 saturated heterocycles. The Morgan fingerprint density at radius 2 is 1.72 bits per heavy atom. The molecule has 32 heavy (non-hydrogen) atoms. The number of methoxy groups -OCH3 is 3. The van der Waals surface area contributed by atoms with Gasteiger partial charge in [0.05, 0.1) is 38.6 Å². The molecular weight excluding hydrogens is 408 g/mol. The SMILES string of the molecule is COc1ccc([C@H]2Oc3c(OC)cccc3[C@@H]3CC(c4ccccc4O)=NN23)c(OC)c1. The minimum absolute atomic E-state index is 0.0831. The quantitative estimate of drug-likeness (QED) is 0.632. The number of rotatable bonds is 5. The maximum Gasteiger partial charge on any atom is 0.217 e. The van der Waals surface area contributed by atoms with Crippen LogP contribution in [0.25, 0.3) is 0 Å². The molecule has 3 aromatic rings. The number of phenolic OH excluding ortho intramolecular Hbond substituents is 1. The van der Waals surface area contributed by atoms with Crippen LogP contribution < -0.4 is 18.9 Å². The van der Waals surface area contributed by atoms with Crippen LogP contribution in [0.3, 0.4) is 0 Å². The van der Waals surface area contributed by atoms with Crippen LogP contribution in [-0.2, 0) is 0 Å². The molecule has 0 amide bonds. The molecule has 0 fully saturated rings. The second kappa shape index (κ2) is 8.00. The van der Waals surface area contributed by atoms with Crippen LogP contribution in [0, 0.1) is 0 Å². The summed E-state index contributed by atoms with van der Waals surface area (Å²) < 4.78 is 23.1. The van der Waals surface area contributed by atoms with Crippen molar-refractivity contribution in [1.29, 1.82) is 0 Å². The van der Waals surface area contributed by atoms with Gasteiger partial charge in [0.15, 0.2) is 11.5 Å². The summed E-state index contributed by atoms with van der Waals surface area (Å²) in [6, 6.07) is 18.7. The average molecular weight is 432 g/mol. The highest BCUT2D eigenvalue weighted by atomic mass is 16.5. The smallest absolute Gasteiger partial charge is 0.217 e. The van der Waals surface area contributed by atoms with Gasteiger partial charge in [-0.2, -0.15) is 5.10 Å². The van der Waals surface area contributed by atoms with Crippen molar-refractivity contribution in [3.63, 3.8) is 0 Å². The molecule has 3 aromatic carbocycles. The van der Waals surface area contributed by atoms with Crippen molar-refractivity contribution in [2.45, 2.75) is 18.7 Å². The van der Waals surface area contributed by atoms with Crippen LogP contribution in [0.4, 0.5) is 0 Å². The first-order valence-corrected chi connectivity index (χ1v) is 10.3. The summed E-state index contributed by atoms with van der Waals surface area (Å²) in [5.41, 5.74) is 3.32. The number of fused-ring (bicyclic) bond motifs is 3. The maximum atomic E-state index is 10.4. The van der Waals surface area contributed by atoms with E-state index >= 15 is 0 Å². The molecule has 0 aliphatic carbocycles. The van der Waals surface area contributed by atoms with Gasteiger partial charge in [0.2, 0.25) is 6.23 Å². The van der Waals surface area contributed by atoms with E-state index in [9.17, 15) is 5.11 Å².